The first-order valence-electron chi connectivity index (χ1n) is 9.19. The van der Waals surface area contributed by atoms with Crippen molar-refractivity contribution in [2.24, 2.45) is 0 Å². The third-order valence-electron chi connectivity index (χ3n) is 4.13. The minimum Gasteiger partial charge on any atom is -0.455 e. The van der Waals surface area contributed by atoms with Crippen LogP contribution in [0.4, 0.5) is 18.9 Å². The summed E-state index contributed by atoms with van der Waals surface area (Å²) in [6, 6.07) is 4.76. The van der Waals surface area contributed by atoms with Crippen molar-refractivity contribution in [3.8, 4) is 11.5 Å². The van der Waals surface area contributed by atoms with E-state index in [0.717, 1.165) is 24.3 Å². The predicted octanol–water partition coefficient (Wildman–Crippen LogP) is 6.58. The fourth-order valence-corrected chi connectivity index (χ4v) is 4.98. The highest BCUT2D eigenvalue weighted by molar-refractivity contribution is 8.14. The van der Waals surface area contributed by atoms with Crippen LogP contribution in [0.5, 0.6) is 11.5 Å². The molecule has 0 heterocycles. The second kappa shape index (κ2) is 11.6. The molecular weight excluding hydrogens is 529 g/mol. The van der Waals surface area contributed by atoms with Gasteiger partial charge in [0.2, 0.25) is 13.1 Å². The van der Waals surface area contributed by atoms with Crippen molar-refractivity contribution in [3.63, 3.8) is 0 Å². The van der Waals surface area contributed by atoms with Gasteiger partial charge in [0.05, 0.1) is 21.4 Å². The van der Waals surface area contributed by atoms with Crippen LogP contribution in [0.25, 0.3) is 0 Å². The quantitative estimate of drug-likeness (QED) is 0.115. The largest absolute Gasteiger partial charge is 0.455 e. The van der Waals surface area contributed by atoms with E-state index in [1.165, 1.54) is 6.92 Å². The molecule has 33 heavy (non-hydrogen) atoms. The number of thioether (sulfide) groups is 1. The smallest absolute Gasteiger partial charge is 0.416 e. The molecular formula is C19H17Cl2F3NO6PS. The summed E-state index contributed by atoms with van der Waals surface area (Å²) in [6.45, 7) is 3.11. The maximum Gasteiger partial charge on any atom is 0.416 e. The van der Waals surface area contributed by atoms with Gasteiger partial charge < -0.3 is 9.26 Å². The molecule has 0 aliphatic carbocycles. The van der Waals surface area contributed by atoms with Crippen molar-refractivity contribution < 1.29 is 36.7 Å². The van der Waals surface area contributed by atoms with Crippen LogP contribution in [-0.4, -0.2) is 21.4 Å². The Morgan fingerprint density at radius 1 is 1.27 bits per heavy atom. The first-order valence-corrected chi connectivity index (χ1v) is 12.3. The van der Waals surface area contributed by atoms with Crippen LogP contribution in [0.1, 0.15) is 25.0 Å². The maximum absolute atomic E-state index is 12.9. The molecule has 0 saturated carbocycles. The Balaban J connectivity index is 2.44. The minimum absolute atomic E-state index is 0.0128. The Morgan fingerprint density at radius 3 is 2.45 bits per heavy atom. The van der Waals surface area contributed by atoms with Gasteiger partial charge in [-0.1, -0.05) is 30.3 Å². The average Bonchev–Trinajstić information content (AvgIpc) is 2.73. The van der Waals surface area contributed by atoms with Crippen molar-refractivity contribution in [1.82, 2.24) is 0 Å². The highest BCUT2D eigenvalue weighted by Crippen LogP contribution is 2.40. The molecule has 0 amide bonds. The van der Waals surface area contributed by atoms with Gasteiger partial charge in [0, 0.05) is 17.7 Å². The summed E-state index contributed by atoms with van der Waals surface area (Å²) in [4.78, 5) is 22.2. The molecule has 7 nitrogen and oxygen atoms in total. The van der Waals surface area contributed by atoms with Gasteiger partial charge >= 0.3 is 6.18 Å². The van der Waals surface area contributed by atoms with E-state index in [1.54, 1.807) is 6.92 Å². The molecule has 2 rings (SSSR count). The SMILES string of the molecule is CCc1cc([N+](=O)[O-])c([PH](=O)OC(C)SC(=O)CCl)cc1Oc1ccc(C(F)(F)F)cc1Cl. The number of carbonyl (C=O) groups is 1. The second-order valence-corrected chi connectivity index (χ2v) is 9.81. The van der Waals surface area contributed by atoms with E-state index in [9.17, 15) is 32.6 Å². The van der Waals surface area contributed by atoms with E-state index in [2.05, 4.69) is 0 Å². The Bertz CT molecular complexity index is 1090. The van der Waals surface area contributed by atoms with Gasteiger partial charge in [-0.3, -0.25) is 19.5 Å². The Kier molecular flexibility index (Phi) is 9.63. The van der Waals surface area contributed by atoms with Crippen LogP contribution < -0.4 is 10.0 Å². The van der Waals surface area contributed by atoms with Crippen LogP contribution in [0.15, 0.2) is 30.3 Å². The normalized spacial score (nSPS) is 13.4. The van der Waals surface area contributed by atoms with Crippen molar-refractivity contribution in [2.75, 3.05) is 5.88 Å². The molecule has 0 radical (unpaired) electrons. The number of alkyl halides is 4. The second-order valence-electron chi connectivity index (χ2n) is 6.43. The zero-order chi connectivity index (χ0) is 24.9. The summed E-state index contributed by atoms with van der Waals surface area (Å²) in [6.07, 6.45) is -4.35. The number of nitro benzene ring substituents is 1. The van der Waals surface area contributed by atoms with Gasteiger partial charge in [0.25, 0.3) is 5.69 Å². The average molecular weight is 546 g/mol. The van der Waals surface area contributed by atoms with Crippen LogP contribution in [0.2, 0.25) is 5.02 Å². The van der Waals surface area contributed by atoms with E-state index in [-0.39, 0.29) is 34.1 Å². The van der Waals surface area contributed by atoms with E-state index in [0.29, 0.717) is 23.4 Å². The molecule has 14 heteroatoms. The van der Waals surface area contributed by atoms with Crippen molar-refractivity contribution in [1.29, 1.82) is 0 Å². The number of ether oxygens (including phenoxy) is 1. The summed E-state index contributed by atoms with van der Waals surface area (Å²) >= 11 is 12.0. The lowest BCUT2D eigenvalue weighted by Gasteiger charge is -2.16. The summed E-state index contributed by atoms with van der Waals surface area (Å²) in [5.41, 5.74) is -2.03. The highest BCUT2D eigenvalue weighted by atomic mass is 35.5. The predicted molar refractivity (Wildman–Crippen MR) is 122 cm³/mol. The molecule has 0 aromatic heterocycles. The maximum atomic E-state index is 12.9. The number of nitro groups is 1. The Labute approximate surface area is 201 Å². The molecule has 2 atom stereocenters. The van der Waals surface area contributed by atoms with Crippen molar-refractivity contribution in [3.05, 3.63) is 56.6 Å². The number of hydrogen-bond acceptors (Lipinski definition) is 7. The van der Waals surface area contributed by atoms with Crippen LogP contribution >= 0.6 is 43.0 Å². The van der Waals surface area contributed by atoms with Crippen molar-refractivity contribution >= 4 is 59.1 Å². The van der Waals surface area contributed by atoms with Crippen molar-refractivity contribution in [2.45, 2.75) is 31.9 Å². The molecule has 2 aromatic carbocycles. The number of halogens is 5. The molecule has 2 unspecified atom stereocenters. The Morgan fingerprint density at radius 2 is 1.94 bits per heavy atom. The first-order chi connectivity index (χ1) is 15.4. The zero-order valence-corrected chi connectivity index (χ0v) is 20.4. The summed E-state index contributed by atoms with van der Waals surface area (Å²) < 4.78 is 62.3. The Hall–Kier alpha value is -1.78. The standard InChI is InChI=1S/C19H17Cl2F3NO6PS/c1-3-11-6-14(25(27)28)17(32(29)31-10(2)33-18(26)9-20)8-16(11)30-15-5-4-12(7-13(15)21)19(22,23)24/h4-8,10,32H,3,9H2,1-2H3. The van der Waals surface area contributed by atoms with Crippen LogP contribution in [0, 0.1) is 10.1 Å². The summed E-state index contributed by atoms with van der Waals surface area (Å²) in [5, 5.41) is 10.5. The van der Waals surface area contributed by atoms with E-state index in [1.807, 2.05) is 0 Å². The lowest BCUT2D eigenvalue weighted by molar-refractivity contribution is -0.383. The number of rotatable bonds is 9. The summed E-state index contributed by atoms with van der Waals surface area (Å²) in [7, 11) is -3.24. The molecule has 0 aliphatic rings. The number of aryl methyl sites for hydroxylation is 1. The monoisotopic (exact) mass is 545 g/mol. The zero-order valence-electron chi connectivity index (χ0n) is 17.1. The van der Waals surface area contributed by atoms with E-state index in [4.69, 9.17) is 32.5 Å². The molecule has 2 aromatic rings. The molecule has 0 bridgehead atoms. The van der Waals surface area contributed by atoms with E-state index < -0.39 is 40.9 Å². The third-order valence-corrected chi connectivity index (χ3v) is 7.25. The van der Waals surface area contributed by atoms with Gasteiger partial charge in [-0.2, -0.15) is 13.2 Å². The number of hydrogen-bond donors (Lipinski definition) is 0. The molecule has 0 spiro atoms. The number of nitrogens with zero attached hydrogens (tertiary/aromatic N) is 1. The summed E-state index contributed by atoms with van der Waals surface area (Å²) in [5.74, 6) is -0.411. The van der Waals surface area contributed by atoms with Gasteiger partial charge in [-0.05, 0) is 31.5 Å². The molecule has 0 fully saturated rings. The molecule has 0 N–H and O–H groups in total. The fraction of sp³-hybridized carbons (Fsp3) is 0.316. The van der Waals surface area contributed by atoms with Crippen LogP contribution in [-0.2, 0) is 26.5 Å². The third kappa shape index (κ3) is 7.35. The number of carbonyl (C=O) groups excluding carboxylic acids is 1. The van der Waals surface area contributed by atoms with Gasteiger partial charge in [-0.25, -0.2) is 0 Å². The lowest BCUT2D eigenvalue weighted by Crippen LogP contribution is -2.12. The van der Waals surface area contributed by atoms with Crippen LogP contribution in [0.3, 0.4) is 0 Å². The molecule has 180 valence electrons. The topological polar surface area (TPSA) is 95.7 Å². The molecule has 0 aliphatic heterocycles. The van der Waals surface area contributed by atoms with E-state index >= 15 is 0 Å². The van der Waals surface area contributed by atoms with Gasteiger partial charge in [0.15, 0.2) is 0 Å². The molecule has 0 saturated heterocycles. The minimum atomic E-state index is -4.60. The van der Waals surface area contributed by atoms with Gasteiger partial charge in [-0.15, -0.1) is 11.6 Å². The lowest BCUT2D eigenvalue weighted by atomic mass is 10.1. The fourth-order valence-electron chi connectivity index (χ4n) is 2.63. The first kappa shape index (κ1) is 27.5. The van der Waals surface area contributed by atoms with Gasteiger partial charge in [0.1, 0.15) is 22.2 Å². The highest BCUT2D eigenvalue weighted by Gasteiger charge is 2.31. The number of benzene rings is 2.